The highest BCUT2D eigenvalue weighted by Gasteiger charge is 2.63. The van der Waals surface area contributed by atoms with Gasteiger partial charge in [0.25, 0.3) is 0 Å². The summed E-state index contributed by atoms with van der Waals surface area (Å²) in [5, 5.41) is -4.86. The van der Waals surface area contributed by atoms with Crippen LogP contribution in [0.3, 0.4) is 0 Å². The van der Waals surface area contributed by atoms with Crippen LogP contribution in [0.1, 0.15) is 32.1 Å². The molecule has 0 atom stereocenters. The van der Waals surface area contributed by atoms with Crippen molar-refractivity contribution in [2.24, 2.45) is 0 Å². The second kappa shape index (κ2) is 13.4. The molecule has 37 heavy (non-hydrogen) atoms. The second-order valence-corrected chi connectivity index (χ2v) is 13.2. The summed E-state index contributed by atoms with van der Waals surface area (Å²) in [5.41, 5.74) is 0. The summed E-state index contributed by atoms with van der Waals surface area (Å²) in [6, 6.07) is 25.2. The van der Waals surface area contributed by atoms with Crippen molar-refractivity contribution in [2.45, 2.75) is 52.0 Å². The van der Waals surface area contributed by atoms with Crippen molar-refractivity contribution in [1.29, 1.82) is 0 Å². The van der Waals surface area contributed by atoms with Gasteiger partial charge in [-0.1, -0.05) is 73.9 Å². The molecule has 5 nitrogen and oxygen atoms in total. The van der Waals surface area contributed by atoms with Gasteiger partial charge >= 0.3 is 21.3 Å². The molecular weight excluding hydrogens is 542 g/mol. The van der Waals surface area contributed by atoms with Crippen molar-refractivity contribution >= 4 is 38.0 Å². The first kappa shape index (κ1) is 29.1. The molecule has 0 aliphatic rings. The molecule has 0 amide bonds. The number of esters is 1. The smallest absolute Gasteiger partial charge is 0.460 e. The van der Waals surface area contributed by atoms with Crippen LogP contribution in [0.15, 0.2) is 106 Å². The topological polar surface area (TPSA) is 73.2 Å². The van der Waals surface area contributed by atoms with Gasteiger partial charge in [-0.25, -0.2) is 4.79 Å². The first-order valence-electron chi connectivity index (χ1n) is 11.8. The largest absolute Gasteiger partial charge is 0.514 e. The average molecular weight is 572 g/mol. The Morgan fingerprint density at radius 3 is 1.57 bits per heavy atom. The molecule has 3 rings (SSSR count). The van der Waals surface area contributed by atoms with Gasteiger partial charge < -0.3 is 4.74 Å². The van der Waals surface area contributed by atoms with Crippen LogP contribution in [0, 0.1) is 0 Å². The molecule has 0 aromatic heterocycles. The number of hydrogen-bond acceptors (Lipinski definition) is 4. The fourth-order valence-corrected chi connectivity index (χ4v) is 9.18. The molecule has 3 aromatic rings. The summed E-state index contributed by atoms with van der Waals surface area (Å²) in [6.45, 7) is -0.307. The van der Waals surface area contributed by atoms with E-state index in [0.717, 1.165) is 19.3 Å². The molecule has 0 aliphatic heterocycles. The van der Waals surface area contributed by atoms with Crippen molar-refractivity contribution in [3.05, 3.63) is 91.0 Å². The van der Waals surface area contributed by atoms with Crippen molar-refractivity contribution in [3.8, 4) is 0 Å². The van der Waals surface area contributed by atoms with Gasteiger partial charge in [0.1, 0.15) is 0 Å². The van der Waals surface area contributed by atoms with E-state index < -0.39 is 31.7 Å². The molecule has 0 fully saturated rings. The molecule has 0 heterocycles. The Bertz CT molecular complexity index is 1130. The molecule has 0 bridgehead atoms. The van der Waals surface area contributed by atoms with E-state index in [-0.39, 0.29) is 6.61 Å². The van der Waals surface area contributed by atoms with Crippen LogP contribution in [0.25, 0.3) is 0 Å². The number of ether oxygens (including phenoxy) is 1. The zero-order chi connectivity index (χ0) is 26.8. The zero-order valence-electron chi connectivity index (χ0n) is 20.1. The lowest BCUT2D eigenvalue weighted by Gasteiger charge is -2.35. The van der Waals surface area contributed by atoms with Crippen molar-refractivity contribution in [1.82, 2.24) is 0 Å². The lowest BCUT2D eigenvalue weighted by molar-refractivity contribution is -0.161. The van der Waals surface area contributed by atoms with Crippen molar-refractivity contribution < 1.29 is 30.4 Å². The Kier molecular flexibility index (Phi) is 10.5. The van der Waals surface area contributed by atoms with Gasteiger partial charge in [0.2, 0.25) is 0 Å². The van der Waals surface area contributed by atoms with E-state index in [4.69, 9.17) is 11.6 Å². The van der Waals surface area contributed by atoms with Gasteiger partial charge in [-0.05, 0) is 49.2 Å². The minimum atomic E-state index is -5.68. The number of carbonyl (C=O) groups is 1. The van der Waals surface area contributed by atoms with E-state index in [0.29, 0.717) is 33.4 Å². The van der Waals surface area contributed by atoms with Gasteiger partial charge in [-0.3, -0.25) is 3.63 Å². The third-order valence-electron chi connectivity index (χ3n) is 5.54. The summed E-state index contributed by atoms with van der Waals surface area (Å²) < 4.78 is 65.4. The second-order valence-electron chi connectivity index (χ2n) is 8.18. The SMILES string of the molecule is O=C(OCCCCCCCCl)C(F)(F)S(=O)(=O)[OH+]S(c1ccccc1)(c1ccccc1)c1ccccc1. The van der Waals surface area contributed by atoms with E-state index in [1.54, 1.807) is 91.0 Å². The number of rotatable bonds is 14. The quantitative estimate of drug-likeness (QED) is 0.0655. The third kappa shape index (κ3) is 6.90. The number of unbranched alkanes of at least 4 members (excludes halogenated alkanes) is 4. The maximum absolute atomic E-state index is 15.2. The van der Waals surface area contributed by atoms with E-state index >= 15 is 8.78 Å². The minimum Gasteiger partial charge on any atom is -0.460 e. The predicted octanol–water partition coefficient (Wildman–Crippen LogP) is 7.63. The van der Waals surface area contributed by atoms with Crippen LogP contribution in [0.4, 0.5) is 8.78 Å². The van der Waals surface area contributed by atoms with Crippen LogP contribution in [0.2, 0.25) is 0 Å². The monoisotopic (exact) mass is 571 g/mol. The number of carbonyl (C=O) groups excluding carboxylic acids is 1. The molecular formula is C27H30ClF2O5S2+. The zero-order valence-corrected chi connectivity index (χ0v) is 22.5. The Morgan fingerprint density at radius 1 is 0.730 bits per heavy atom. The van der Waals surface area contributed by atoms with Gasteiger partial charge in [0.05, 0.1) is 31.6 Å². The lowest BCUT2D eigenvalue weighted by Crippen LogP contribution is -2.42. The van der Waals surface area contributed by atoms with Crippen LogP contribution >= 0.6 is 21.9 Å². The van der Waals surface area contributed by atoms with E-state index in [2.05, 4.69) is 8.37 Å². The molecule has 0 unspecified atom stereocenters. The maximum atomic E-state index is 15.2. The Labute approximate surface area is 223 Å². The number of alkyl halides is 3. The third-order valence-corrected chi connectivity index (χ3v) is 11.2. The molecule has 3 aromatic carbocycles. The average Bonchev–Trinajstić information content (AvgIpc) is 2.92. The first-order valence-corrected chi connectivity index (χ1v) is 15.4. The Balaban J connectivity index is 1.95. The van der Waals surface area contributed by atoms with Crippen molar-refractivity contribution in [2.75, 3.05) is 12.5 Å². The first-order chi connectivity index (χ1) is 17.8. The summed E-state index contributed by atoms with van der Waals surface area (Å²) in [7, 11) is -8.78. The molecule has 0 spiro atoms. The molecule has 10 heteroatoms. The van der Waals surface area contributed by atoms with Gasteiger partial charge in [0, 0.05) is 5.88 Å². The fraction of sp³-hybridized carbons (Fsp3) is 0.296. The highest BCUT2D eigenvalue weighted by Crippen LogP contribution is 2.68. The predicted molar refractivity (Wildman–Crippen MR) is 143 cm³/mol. The summed E-state index contributed by atoms with van der Waals surface area (Å²) in [4.78, 5) is 13.6. The van der Waals surface area contributed by atoms with Crippen LogP contribution in [-0.4, -0.2) is 35.8 Å². The molecule has 0 saturated carbocycles. The van der Waals surface area contributed by atoms with E-state index in [9.17, 15) is 13.2 Å². The van der Waals surface area contributed by atoms with Crippen LogP contribution < -0.4 is 0 Å². The summed E-state index contributed by atoms with van der Waals surface area (Å²) in [6.07, 6.45) is 3.52. The van der Waals surface area contributed by atoms with Crippen molar-refractivity contribution in [3.63, 3.8) is 0 Å². The molecule has 0 aliphatic carbocycles. The number of hydrogen-bond donors (Lipinski definition) is 0. The van der Waals surface area contributed by atoms with E-state index in [1.807, 2.05) is 0 Å². The highest BCUT2D eigenvalue weighted by molar-refractivity contribution is 8.32. The normalized spacial score (nSPS) is 12.7. The lowest BCUT2D eigenvalue weighted by atomic mass is 10.2. The standard InChI is InChI=1S/C27H29ClF2O5S2/c28-21-13-2-1-3-14-22-34-26(31)27(29,30)37(32,33)35-36(23-15-7-4-8-16-23,24-17-9-5-10-18-24)25-19-11-6-12-20-25/h4-12,15-20H,1-3,13-14,21-22H2/p+1. The Hall–Kier alpha value is -2.46. The maximum Gasteiger partial charge on any atom is 0.514 e. The number of benzene rings is 3. The fourth-order valence-electron chi connectivity index (χ4n) is 3.66. The minimum absolute atomic E-state index is 0.307. The highest BCUT2D eigenvalue weighted by atomic mass is 35.5. The van der Waals surface area contributed by atoms with Gasteiger partial charge in [-0.2, -0.15) is 8.78 Å². The van der Waals surface area contributed by atoms with Gasteiger partial charge in [0.15, 0.2) is 0 Å². The summed E-state index contributed by atoms with van der Waals surface area (Å²) >= 11 is 5.62. The molecule has 0 saturated heterocycles. The molecule has 0 radical (unpaired) electrons. The van der Waals surface area contributed by atoms with Gasteiger partial charge in [-0.15, -0.1) is 20.0 Å². The number of halogens is 3. The Morgan fingerprint density at radius 2 is 1.14 bits per heavy atom. The molecule has 200 valence electrons. The van der Waals surface area contributed by atoms with Crippen LogP contribution in [0.5, 0.6) is 0 Å². The molecule has 1 N–H and O–H groups in total. The van der Waals surface area contributed by atoms with Crippen LogP contribution in [-0.2, 0) is 19.6 Å². The summed E-state index contributed by atoms with van der Waals surface area (Å²) in [5.74, 6) is -1.58. The van der Waals surface area contributed by atoms with E-state index in [1.165, 1.54) is 0 Å².